The van der Waals surface area contributed by atoms with Gasteiger partial charge in [-0.2, -0.15) is 0 Å². The third kappa shape index (κ3) is 7.25. The summed E-state index contributed by atoms with van der Waals surface area (Å²) in [5.41, 5.74) is 5.35. The van der Waals surface area contributed by atoms with Gasteiger partial charge in [-0.1, -0.05) is 90.5 Å². The Morgan fingerprint density at radius 3 is 1.02 bits per heavy atom. The second-order valence-electron chi connectivity index (χ2n) is 11.4. The second kappa shape index (κ2) is 15.6. The van der Waals surface area contributed by atoms with Crippen LogP contribution in [-0.4, -0.2) is 40.8 Å². The number of ether oxygens (including phenoxy) is 4. The van der Waals surface area contributed by atoms with Gasteiger partial charge >= 0.3 is 0 Å². The molecule has 0 heterocycles. The van der Waals surface area contributed by atoms with Crippen LogP contribution in [0.4, 0.5) is 0 Å². The summed E-state index contributed by atoms with van der Waals surface area (Å²) in [7, 11) is 5.28. The van der Waals surface area contributed by atoms with Gasteiger partial charge in [0.05, 0.1) is 28.4 Å². The summed E-state index contributed by atoms with van der Waals surface area (Å²) >= 11 is 0. The molecule has 0 radical (unpaired) electrons. The van der Waals surface area contributed by atoms with Crippen molar-refractivity contribution in [2.24, 2.45) is 0 Å². The summed E-state index contributed by atoms with van der Waals surface area (Å²) in [5, 5.41) is 4.87. The Morgan fingerprint density at radius 1 is 0.457 bits per heavy atom. The van der Waals surface area contributed by atoms with Gasteiger partial charge in [0.1, 0.15) is 23.0 Å². The molecule has 0 bridgehead atoms. The van der Waals surface area contributed by atoms with E-state index in [2.05, 4.69) is 106 Å². The van der Waals surface area contributed by atoms with Crippen molar-refractivity contribution < 1.29 is 18.9 Å². The van der Waals surface area contributed by atoms with Crippen molar-refractivity contribution in [3.05, 3.63) is 131 Å². The Hall–Kier alpha value is -3.84. The van der Waals surface area contributed by atoms with Crippen molar-refractivity contribution in [3.63, 3.8) is 0 Å². The average molecular weight is 651 g/mol. The van der Waals surface area contributed by atoms with Crippen LogP contribution in [0.15, 0.2) is 109 Å². The van der Waals surface area contributed by atoms with E-state index >= 15 is 0 Å². The Morgan fingerprint density at radius 2 is 0.739 bits per heavy atom. The van der Waals surface area contributed by atoms with Gasteiger partial charge in [-0.15, -0.1) is 0 Å². The normalized spacial score (nSPS) is 11.3. The zero-order valence-electron chi connectivity index (χ0n) is 27.9. The molecule has 0 fully saturated rings. The Balaban J connectivity index is 1.75. The number of aryl methyl sites for hydroxylation is 3. The van der Waals surface area contributed by atoms with Gasteiger partial charge in [-0.3, -0.25) is 0 Å². The maximum atomic E-state index is 6.00. The quantitative estimate of drug-likeness (QED) is 0.121. The summed E-state index contributed by atoms with van der Waals surface area (Å²) in [6, 6.07) is 38.6. The molecular weight excluding hydrogens is 606 g/mol. The molecular formula is C40H44O4P2. The predicted molar refractivity (Wildman–Crippen MR) is 197 cm³/mol. The van der Waals surface area contributed by atoms with Crippen LogP contribution in [0.2, 0.25) is 0 Å². The molecule has 6 heteroatoms. The molecule has 46 heavy (non-hydrogen) atoms. The van der Waals surface area contributed by atoms with E-state index in [1.165, 1.54) is 43.5 Å². The number of methoxy groups -OCH3 is 4. The van der Waals surface area contributed by atoms with Crippen LogP contribution in [-0.2, 0) is 0 Å². The van der Waals surface area contributed by atoms with Gasteiger partial charge in [0.15, 0.2) is 0 Å². The van der Waals surface area contributed by atoms with Crippen LogP contribution in [0.1, 0.15) is 28.2 Å². The molecule has 0 saturated heterocycles. The largest absolute Gasteiger partial charge is 0.496 e. The minimum atomic E-state index is -0.893. The van der Waals surface area contributed by atoms with Crippen LogP contribution >= 0.6 is 15.8 Å². The number of benzene rings is 5. The highest BCUT2D eigenvalue weighted by Crippen LogP contribution is 2.50. The van der Waals surface area contributed by atoms with Gasteiger partial charge in [0.2, 0.25) is 0 Å². The standard InChI is InChI=1S/C40H44O4P2/c1-28-24-29(2)40(30(3)25-28)31(26-45(36-20-12-8-16-32(36)41-4)37-21-13-9-17-33(37)42-5)27-46(38-22-14-10-18-34(38)43-6)39-23-15-11-19-35(39)44-7/h8-25,31H,26-27H2,1-7H3. The van der Waals surface area contributed by atoms with Gasteiger partial charge < -0.3 is 18.9 Å². The first-order chi connectivity index (χ1) is 22.4. The lowest BCUT2D eigenvalue weighted by Crippen LogP contribution is -2.26. The molecule has 0 unspecified atom stereocenters. The monoisotopic (exact) mass is 650 g/mol. The van der Waals surface area contributed by atoms with E-state index in [1.54, 1.807) is 28.4 Å². The molecule has 5 aromatic rings. The lowest BCUT2D eigenvalue weighted by atomic mass is 9.91. The summed E-state index contributed by atoms with van der Waals surface area (Å²) in [6.07, 6.45) is 1.84. The SMILES string of the molecule is COc1ccccc1P(CC(CP(c1ccccc1OC)c1ccccc1OC)c1c(C)cc(C)cc1C)c1ccccc1OC. The molecule has 0 aliphatic rings. The summed E-state index contributed by atoms with van der Waals surface area (Å²) in [5.74, 6) is 3.85. The van der Waals surface area contributed by atoms with E-state index < -0.39 is 15.8 Å². The molecule has 0 aliphatic carbocycles. The summed E-state index contributed by atoms with van der Waals surface area (Å²) in [4.78, 5) is 0. The van der Waals surface area contributed by atoms with E-state index in [0.717, 1.165) is 35.3 Å². The van der Waals surface area contributed by atoms with Gasteiger partial charge in [0.25, 0.3) is 0 Å². The van der Waals surface area contributed by atoms with Crippen LogP contribution in [0.25, 0.3) is 0 Å². The first-order valence-corrected chi connectivity index (χ1v) is 18.6. The highest BCUT2D eigenvalue weighted by atomic mass is 31.1. The molecule has 0 saturated carbocycles. The predicted octanol–water partition coefficient (Wildman–Crippen LogP) is 8.00. The first kappa shape index (κ1) is 33.5. The van der Waals surface area contributed by atoms with Crippen LogP contribution in [0.3, 0.4) is 0 Å². The van der Waals surface area contributed by atoms with Gasteiger partial charge in [-0.05, 0) is 95.8 Å². The van der Waals surface area contributed by atoms with Gasteiger partial charge in [0, 0.05) is 21.2 Å². The molecule has 5 rings (SSSR count). The fourth-order valence-corrected chi connectivity index (χ4v) is 12.4. The van der Waals surface area contributed by atoms with Crippen molar-refractivity contribution in [3.8, 4) is 23.0 Å². The molecule has 0 N–H and O–H groups in total. The van der Waals surface area contributed by atoms with Gasteiger partial charge in [-0.25, -0.2) is 0 Å². The van der Waals surface area contributed by atoms with Crippen molar-refractivity contribution in [2.45, 2.75) is 26.7 Å². The molecule has 0 spiro atoms. The molecule has 0 aromatic heterocycles. The zero-order chi connectivity index (χ0) is 32.6. The van der Waals surface area contributed by atoms with Crippen LogP contribution in [0, 0.1) is 20.8 Å². The highest BCUT2D eigenvalue weighted by Gasteiger charge is 2.32. The second-order valence-corrected chi connectivity index (χ2v) is 15.8. The Kier molecular flexibility index (Phi) is 11.4. The van der Waals surface area contributed by atoms with E-state index in [4.69, 9.17) is 18.9 Å². The molecule has 5 aromatic carbocycles. The molecule has 0 atom stereocenters. The van der Waals surface area contributed by atoms with E-state index in [0.29, 0.717) is 0 Å². The van der Waals surface area contributed by atoms with Crippen LogP contribution < -0.4 is 40.2 Å². The Bertz CT molecular complexity index is 1550. The smallest absolute Gasteiger partial charge is 0.126 e. The molecule has 0 amide bonds. The summed E-state index contributed by atoms with van der Waals surface area (Å²) in [6.45, 7) is 6.72. The summed E-state index contributed by atoms with van der Waals surface area (Å²) < 4.78 is 24.0. The van der Waals surface area contributed by atoms with Crippen molar-refractivity contribution in [2.75, 3.05) is 40.8 Å². The maximum absolute atomic E-state index is 6.00. The van der Waals surface area contributed by atoms with E-state index in [9.17, 15) is 0 Å². The van der Waals surface area contributed by atoms with Crippen molar-refractivity contribution >= 4 is 37.1 Å². The highest BCUT2D eigenvalue weighted by molar-refractivity contribution is 7.74. The third-order valence-corrected chi connectivity index (χ3v) is 13.9. The fraction of sp³-hybridized carbons (Fsp3) is 0.250. The topological polar surface area (TPSA) is 36.9 Å². The molecule has 4 nitrogen and oxygen atoms in total. The lowest BCUT2D eigenvalue weighted by Gasteiger charge is -2.33. The molecule has 0 aliphatic heterocycles. The fourth-order valence-electron chi connectivity index (χ4n) is 6.58. The number of hydrogen-bond donors (Lipinski definition) is 0. The number of rotatable bonds is 13. The number of para-hydroxylation sites is 4. The lowest BCUT2D eigenvalue weighted by molar-refractivity contribution is 0.417. The first-order valence-electron chi connectivity index (χ1n) is 15.5. The van der Waals surface area contributed by atoms with E-state index in [1.807, 2.05) is 24.3 Å². The maximum Gasteiger partial charge on any atom is 0.126 e. The average Bonchev–Trinajstić information content (AvgIpc) is 3.08. The van der Waals surface area contributed by atoms with E-state index in [-0.39, 0.29) is 5.92 Å². The van der Waals surface area contributed by atoms with Crippen molar-refractivity contribution in [1.82, 2.24) is 0 Å². The third-order valence-electron chi connectivity index (χ3n) is 8.46. The van der Waals surface area contributed by atoms with Crippen molar-refractivity contribution in [1.29, 1.82) is 0 Å². The zero-order valence-corrected chi connectivity index (χ0v) is 29.7. The Labute approximate surface area is 277 Å². The van der Waals surface area contributed by atoms with Crippen LogP contribution in [0.5, 0.6) is 23.0 Å². The molecule has 238 valence electrons. The number of hydrogen-bond acceptors (Lipinski definition) is 4. The minimum absolute atomic E-state index is 0.211. The minimum Gasteiger partial charge on any atom is -0.496 e.